The van der Waals surface area contributed by atoms with Crippen molar-refractivity contribution in [3.8, 4) is 0 Å². The van der Waals surface area contributed by atoms with E-state index in [1.807, 2.05) is 12.2 Å². The third-order valence-electron chi connectivity index (χ3n) is 9.03. The first kappa shape index (κ1) is 54.2. The molecule has 3 atom stereocenters. The van der Waals surface area contributed by atoms with Gasteiger partial charge in [0.1, 0.15) is 12.6 Å². The number of carbonyl (C=O) groups excluding carboxylic acids is 2. The number of rotatable bonds is 40. The SMILES string of the molecule is CC/C=C\C/C=C\C/C=C\C/C=C\C/C=C\CCCC(=O)OC(COC(=O)CCCCCCCCCCCCCCCCCC)COP(=O)(O)OCC(N)C(=O)O. The van der Waals surface area contributed by atoms with Crippen LogP contribution in [0.1, 0.15) is 174 Å². The highest BCUT2D eigenvalue weighted by Crippen LogP contribution is 2.43. The van der Waals surface area contributed by atoms with Crippen molar-refractivity contribution in [2.24, 2.45) is 5.73 Å². The van der Waals surface area contributed by atoms with Gasteiger partial charge in [-0.3, -0.25) is 23.4 Å². The minimum absolute atomic E-state index is 0.0820. The molecule has 4 N–H and O–H groups in total. The standard InChI is InChI=1S/C45H78NO10P/c1-3-5-7-9-11-13-15-17-19-21-23-25-27-29-31-33-35-37-44(48)56-41(39-54-57(51,52)55-40-42(46)45(49)50)38-53-43(47)36-34-32-30-28-26-24-22-20-18-16-14-12-10-8-6-4-2/h5,7,11,13,17,19,23,25,29,31,41-42H,3-4,6,8-10,12,14-16,18,20-22,24,26-28,30,32-40,46H2,1-2H3,(H,49,50)(H,51,52)/b7-5-,13-11-,19-17-,25-23-,31-29-. The summed E-state index contributed by atoms with van der Waals surface area (Å²) >= 11 is 0. The van der Waals surface area contributed by atoms with Crippen molar-refractivity contribution >= 4 is 25.7 Å². The fourth-order valence-corrected chi connectivity index (χ4v) is 6.41. The second-order valence-electron chi connectivity index (χ2n) is 14.5. The zero-order valence-electron chi connectivity index (χ0n) is 35.4. The van der Waals surface area contributed by atoms with Crippen LogP contribution < -0.4 is 5.73 Å². The molecule has 11 nitrogen and oxygen atoms in total. The molecule has 0 bridgehead atoms. The van der Waals surface area contributed by atoms with Crippen LogP contribution >= 0.6 is 7.82 Å². The number of carboxylic acid groups (broad SMARTS) is 1. The summed E-state index contributed by atoms with van der Waals surface area (Å²) in [6, 6.07) is -1.53. The molecule has 0 heterocycles. The number of phosphoric ester groups is 1. The van der Waals surface area contributed by atoms with E-state index in [9.17, 15) is 23.8 Å². The lowest BCUT2D eigenvalue weighted by Crippen LogP contribution is -2.34. The van der Waals surface area contributed by atoms with Gasteiger partial charge in [0, 0.05) is 12.8 Å². The monoisotopic (exact) mass is 824 g/mol. The number of unbranched alkanes of at least 4 members (excludes halogenated alkanes) is 16. The lowest BCUT2D eigenvalue weighted by atomic mass is 10.0. The minimum Gasteiger partial charge on any atom is -0.480 e. The first-order chi connectivity index (χ1) is 27.6. The Hall–Kier alpha value is -2.82. The van der Waals surface area contributed by atoms with E-state index in [-0.39, 0.29) is 19.4 Å². The lowest BCUT2D eigenvalue weighted by Gasteiger charge is -2.20. The quantitative estimate of drug-likeness (QED) is 0.0232. The zero-order valence-corrected chi connectivity index (χ0v) is 36.3. The summed E-state index contributed by atoms with van der Waals surface area (Å²) in [6.45, 7) is 2.63. The third-order valence-corrected chi connectivity index (χ3v) is 9.98. The Balaban J connectivity index is 4.45. The first-order valence-electron chi connectivity index (χ1n) is 21.8. The number of carbonyl (C=O) groups is 3. The molecule has 0 rings (SSSR count). The molecule has 3 unspecified atom stereocenters. The van der Waals surface area contributed by atoms with Gasteiger partial charge < -0.3 is 25.2 Å². The summed E-state index contributed by atoms with van der Waals surface area (Å²) in [6.07, 6.45) is 45.8. The maximum Gasteiger partial charge on any atom is 0.472 e. The smallest absolute Gasteiger partial charge is 0.472 e. The molecule has 0 aromatic carbocycles. The molecule has 0 fully saturated rings. The van der Waals surface area contributed by atoms with Gasteiger partial charge in [-0.1, -0.05) is 171 Å². The summed E-state index contributed by atoms with van der Waals surface area (Å²) < 4.78 is 32.6. The largest absolute Gasteiger partial charge is 0.480 e. The molecule has 0 aliphatic rings. The van der Waals surface area contributed by atoms with Gasteiger partial charge in [-0.2, -0.15) is 0 Å². The molecule has 0 aliphatic carbocycles. The summed E-state index contributed by atoms with van der Waals surface area (Å²) in [7, 11) is -4.73. The van der Waals surface area contributed by atoms with Gasteiger partial charge in [-0.25, -0.2) is 4.57 Å². The van der Waals surface area contributed by atoms with Gasteiger partial charge in [0.05, 0.1) is 13.2 Å². The molecule has 0 aliphatic heterocycles. The van der Waals surface area contributed by atoms with Crippen LogP contribution in [0.2, 0.25) is 0 Å². The van der Waals surface area contributed by atoms with Crippen LogP contribution in [-0.2, 0) is 37.5 Å². The molecule has 12 heteroatoms. The molecule has 0 aromatic rings. The molecular weight excluding hydrogens is 745 g/mol. The zero-order chi connectivity index (χ0) is 42.1. The van der Waals surface area contributed by atoms with E-state index in [4.69, 9.17) is 24.8 Å². The molecule has 57 heavy (non-hydrogen) atoms. The van der Waals surface area contributed by atoms with Gasteiger partial charge in [-0.15, -0.1) is 0 Å². The van der Waals surface area contributed by atoms with Gasteiger partial charge in [0.2, 0.25) is 0 Å². The van der Waals surface area contributed by atoms with E-state index >= 15 is 0 Å². The maximum absolute atomic E-state index is 12.6. The van der Waals surface area contributed by atoms with E-state index in [1.54, 1.807) is 0 Å². The van der Waals surface area contributed by atoms with Crippen molar-refractivity contribution in [1.29, 1.82) is 0 Å². The Morgan fingerprint density at radius 2 is 0.982 bits per heavy atom. The Morgan fingerprint density at radius 1 is 0.561 bits per heavy atom. The van der Waals surface area contributed by atoms with Crippen LogP contribution in [0.5, 0.6) is 0 Å². The highest BCUT2D eigenvalue weighted by Gasteiger charge is 2.28. The van der Waals surface area contributed by atoms with Crippen LogP contribution in [0, 0.1) is 0 Å². The summed E-state index contributed by atoms with van der Waals surface area (Å²) in [5, 5.41) is 8.89. The molecule has 328 valence electrons. The number of hydrogen-bond donors (Lipinski definition) is 3. The molecular formula is C45H78NO10P. The number of esters is 2. The van der Waals surface area contributed by atoms with E-state index < -0.39 is 51.1 Å². The topological polar surface area (TPSA) is 172 Å². The molecule has 0 radical (unpaired) electrons. The second kappa shape index (κ2) is 40.0. The Morgan fingerprint density at radius 3 is 1.46 bits per heavy atom. The van der Waals surface area contributed by atoms with Crippen LogP contribution in [0.15, 0.2) is 60.8 Å². The van der Waals surface area contributed by atoms with Crippen molar-refractivity contribution in [1.82, 2.24) is 0 Å². The molecule has 0 saturated heterocycles. The number of allylic oxidation sites excluding steroid dienone is 10. The molecule has 0 amide bonds. The van der Waals surface area contributed by atoms with Crippen molar-refractivity contribution < 1.29 is 47.5 Å². The van der Waals surface area contributed by atoms with Gasteiger partial charge in [0.25, 0.3) is 0 Å². The van der Waals surface area contributed by atoms with E-state index in [1.165, 1.54) is 77.0 Å². The molecule has 0 spiro atoms. The highest BCUT2D eigenvalue weighted by atomic mass is 31.2. The van der Waals surface area contributed by atoms with Crippen LogP contribution in [0.4, 0.5) is 0 Å². The van der Waals surface area contributed by atoms with Gasteiger partial charge in [-0.05, 0) is 51.4 Å². The maximum atomic E-state index is 12.6. The molecule has 0 aromatic heterocycles. The van der Waals surface area contributed by atoms with E-state index in [0.717, 1.165) is 51.4 Å². The van der Waals surface area contributed by atoms with Gasteiger partial charge >= 0.3 is 25.7 Å². The predicted octanol–water partition coefficient (Wildman–Crippen LogP) is 11.6. The van der Waals surface area contributed by atoms with Crippen molar-refractivity contribution in [3.63, 3.8) is 0 Å². The third kappa shape index (κ3) is 39.8. The fourth-order valence-electron chi connectivity index (χ4n) is 5.63. The number of aliphatic carboxylic acids is 1. The Kier molecular flexibility index (Phi) is 38.0. The predicted molar refractivity (Wildman–Crippen MR) is 231 cm³/mol. The average Bonchev–Trinajstić information content (AvgIpc) is 3.19. The van der Waals surface area contributed by atoms with Crippen LogP contribution in [0.25, 0.3) is 0 Å². The number of nitrogens with two attached hydrogens (primary N) is 1. The first-order valence-corrected chi connectivity index (χ1v) is 23.3. The van der Waals surface area contributed by atoms with Crippen LogP contribution in [0.3, 0.4) is 0 Å². The fraction of sp³-hybridized carbons (Fsp3) is 0.711. The van der Waals surface area contributed by atoms with Crippen LogP contribution in [-0.4, -0.2) is 59.9 Å². The van der Waals surface area contributed by atoms with E-state index in [0.29, 0.717) is 19.3 Å². The summed E-state index contributed by atoms with van der Waals surface area (Å²) in [4.78, 5) is 45.9. The number of carboxylic acids is 1. The Labute approximate surface area is 345 Å². The Bertz CT molecular complexity index is 1200. The minimum atomic E-state index is -4.73. The van der Waals surface area contributed by atoms with Crippen molar-refractivity contribution in [2.75, 3.05) is 19.8 Å². The second-order valence-corrected chi connectivity index (χ2v) is 15.9. The summed E-state index contributed by atoms with van der Waals surface area (Å²) in [5.41, 5.74) is 5.33. The lowest BCUT2D eigenvalue weighted by molar-refractivity contribution is -0.161. The number of ether oxygens (including phenoxy) is 2. The number of phosphoric acid groups is 1. The normalized spacial score (nSPS) is 14.3. The molecule has 0 saturated carbocycles. The van der Waals surface area contributed by atoms with Crippen molar-refractivity contribution in [2.45, 2.75) is 187 Å². The number of hydrogen-bond acceptors (Lipinski definition) is 9. The summed E-state index contributed by atoms with van der Waals surface area (Å²) in [5.74, 6) is -2.45. The van der Waals surface area contributed by atoms with Gasteiger partial charge in [0.15, 0.2) is 6.10 Å². The average molecular weight is 824 g/mol. The van der Waals surface area contributed by atoms with E-state index in [2.05, 4.69) is 67.0 Å². The highest BCUT2D eigenvalue weighted by molar-refractivity contribution is 7.47. The van der Waals surface area contributed by atoms with Crippen molar-refractivity contribution in [3.05, 3.63) is 60.8 Å².